The van der Waals surface area contributed by atoms with Crippen LogP contribution in [0.4, 0.5) is 0 Å². The Bertz CT molecular complexity index is 742. The Morgan fingerprint density at radius 3 is 2.73 bits per heavy atom. The van der Waals surface area contributed by atoms with E-state index in [4.69, 9.17) is 0 Å². The predicted octanol–water partition coefficient (Wildman–Crippen LogP) is 1.43. The number of hydrogen-bond donors (Lipinski definition) is 2. The van der Waals surface area contributed by atoms with E-state index in [9.17, 15) is 13.2 Å². The van der Waals surface area contributed by atoms with Crippen molar-refractivity contribution in [2.75, 3.05) is 0 Å². The average molecular weight is 339 g/mol. The maximum atomic E-state index is 12.3. The molecule has 2 rings (SSSR count). The molecule has 8 heteroatoms. The first-order valence-electron chi connectivity index (χ1n) is 6.63. The molecule has 6 nitrogen and oxygen atoms in total. The summed E-state index contributed by atoms with van der Waals surface area (Å²) in [7, 11) is -3.73. The van der Waals surface area contributed by atoms with Gasteiger partial charge in [-0.05, 0) is 25.5 Å². The van der Waals surface area contributed by atoms with Crippen LogP contribution in [0.15, 0.2) is 40.1 Å². The number of nitrogens with zero attached hydrogens (tertiary/aromatic N) is 1. The number of thiazole rings is 1. The van der Waals surface area contributed by atoms with Crippen LogP contribution in [0.3, 0.4) is 0 Å². The van der Waals surface area contributed by atoms with Gasteiger partial charge < -0.3 is 5.32 Å². The maximum Gasteiger partial charge on any atom is 0.241 e. The van der Waals surface area contributed by atoms with Crippen molar-refractivity contribution in [2.24, 2.45) is 0 Å². The first kappa shape index (κ1) is 16.6. The summed E-state index contributed by atoms with van der Waals surface area (Å²) in [5.74, 6) is -0.398. The fraction of sp³-hybridized carbons (Fsp3) is 0.286. The molecule has 0 fully saturated rings. The zero-order chi connectivity index (χ0) is 16.2. The average Bonchev–Trinajstić information content (AvgIpc) is 2.97. The van der Waals surface area contributed by atoms with Crippen LogP contribution in [-0.4, -0.2) is 25.4 Å². The molecule has 22 heavy (non-hydrogen) atoms. The van der Waals surface area contributed by atoms with E-state index in [2.05, 4.69) is 15.0 Å². The first-order chi connectivity index (χ1) is 10.4. The number of amides is 1. The van der Waals surface area contributed by atoms with Gasteiger partial charge in [-0.3, -0.25) is 4.79 Å². The number of sulfonamides is 1. The molecule has 1 aromatic heterocycles. The minimum atomic E-state index is -3.73. The van der Waals surface area contributed by atoms with Crippen LogP contribution in [0.2, 0.25) is 0 Å². The van der Waals surface area contributed by atoms with Gasteiger partial charge in [-0.15, -0.1) is 11.3 Å². The van der Waals surface area contributed by atoms with E-state index in [1.54, 1.807) is 30.6 Å². The molecule has 0 unspecified atom stereocenters. The minimum Gasteiger partial charge on any atom is -0.349 e. The van der Waals surface area contributed by atoms with Gasteiger partial charge in [0, 0.05) is 5.38 Å². The van der Waals surface area contributed by atoms with Crippen LogP contribution in [0.25, 0.3) is 0 Å². The molecule has 1 amide bonds. The lowest BCUT2D eigenvalue weighted by atomic mass is 10.2. The van der Waals surface area contributed by atoms with Crippen LogP contribution < -0.4 is 10.0 Å². The molecule has 1 atom stereocenters. The number of benzene rings is 1. The monoisotopic (exact) mass is 339 g/mol. The van der Waals surface area contributed by atoms with E-state index < -0.39 is 22.0 Å². The smallest absolute Gasteiger partial charge is 0.241 e. The molecule has 0 radical (unpaired) electrons. The summed E-state index contributed by atoms with van der Waals surface area (Å²) < 4.78 is 27.0. The number of carbonyl (C=O) groups excluding carboxylic acids is 1. The van der Waals surface area contributed by atoms with Crippen LogP contribution in [0.1, 0.15) is 18.2 Å². The molecule has 0 spiro atoms. The van der Waals surface area contributed by atoms with Gasteiger partial charge in [-0.2, -0.15) is 4.72 Å². The fourth-order valence-electron chi connectivity index (χ4n) is 1.86. The van der Waals surface area contributed by atoms with Crippen molar-refractivity contribution >= 4 is 27.3 Å². The third-order valence-electron chi connectivity index (χ3n) is 3.04. The van der Waals surface area contributed by atoms with E-state index in [1.807, 2.05) is 5.38 Å². The third-order valence-corrected chi connectivity index (χ3v) is 5.37. The Hall–Kier alpha value is -1.77. The molecule has 0 aliphatic heterocycles. The molecular formula is C14H17N3O3S2. The number of hydrogen-bond acceptors (Lipinski definition) is 5. The zero-order valence-electron chi connectivity index (χ0n) is 12.2. The third kappa shape index (κ3) is 4.12. The first-order valence-corrected chi connectivity index (χ1v) is 9.05. The second-order valence-corrected chi connectivity index (χ2v) is 7.21. The van der Waals surface area contributed by atoms with E-state index >= 15 is 0 Å². The minimum absolute atomic E-state index is 0.175. The summed E-state index contributed by atoms with van der Waals surface area (Å²) in [5, 5.41) is 4.47. The summed E-state index contributed by atoms with van der Waals surface area (Å²) in [6, 6.07) is 5.76. The Balaban J connectivity index is 1.99. The van der Waals surface area contributed by atoms with Gasteiger partial charge in [0.2, 0.25) is 15.9 Å². The van der Waals surface area contributed by atoms with Gasteiger partial charge in [0.1, 0.15) is 0 Å². The summed E-state index contributed by atoms with van der Waals surface area (Å²) >= 11 is 1.43. The highest BCUT2D eigenvalue weighted by Gasteiger charge is 2.23. The van der Waals surface area contributed by atoms with Crippen LogP contribution in [0, 0.1) is 6.92 Å². The quantitative estimate of drug-likeness (QED) is 0.833. The largest absolute Gasteiger partial charge is 0.349 e. The van der Waals surface area contributed by atoms with Gasteiger partial charge in [0.15, 0.2) is 0 Å². The molecule has 2 N–H and O–H groups in total. The second-order valence-electron chi connectivity index (χ2n) is 4.81. The molecule has 0 aliphatic carbocycles. The van der Waals surface area contributed by atoms with Crippen molar-refractivity contribution in [3.8, 4) is 0 Å². The van der Waals surface area contributed by atoms with Crippen molar-refractivity contribution in [1.29, 1.82) is 0 Å². The van der Waals surface area contributed by atoms with Crippen molar-refractivity contribution in [3.63, 3.8) is 0 Å². The fourth-order valence-corrected chi connectivity index (χ4v) is 3.87. The molecule has 0 bridgehead atoms. The maximum absolute atomic E-state index is 12.3. The Kier molecular flexibility index (Phi) is 5.28. The topological polar surface area (TPSA) is 88.2 Å². The predicted molar refractivity (Wildman–Crippen MR) is 84.9 cm³/mol. The van der Waals surface area contributed by atoms with Crippen molar-refractivity contribution in [1.82, 2.24) is 15.0 Å². The SMILES string of the molecule is Cc1ccccc1S(=O)(=O)N[C@@H](C)C(=O)NCc1cscn1. The molecule has 1 aromatic carbocycles. The number of aromatic nitrogens is 1. The van der Waals surface area contributed by atoms with Crippen molar-refractivity contribution in [2.45, 2.75) is 31.3 Å². The van der Waals surface area contributed by atoms with Crippen LogP contribution in [0.5, 0.6) is 0 Å². The summed E-state index contributed by atoms with van der Waals surface area (Å²) in [6.45, 7) is 3.49. The van der Waals surface area contributed by atoms with Gasteiger partial charge in [0.05, 0.1) is 28.7 Å². The van der Waals surface area contributed by atoms with E-state index in [0.717, 1.165) is 5.69 Å². The lowest BCUT2D eigenvalue weighted by Gasteiger charge is -2.15. The molecule has 118 valence electrons. The van der Waals surface area contributed by atoms with E-state index in [1.165, 1.54) is 24.3 Å². The lowest BCUT2D eigenvalue weighted by molar-refractivity contribution is -0.122. The molecule has 0 saturated carbocycles. The van der Waals surface area contributed by atoms with Crippen molar-refractivity contribution < 1.29 is 13.2 Å². The zero-order valence-corrected chi connectivity index (χ0v) is 13.9. The summed E-state index contributed by atoms with van der Waals surface area (Å²) in [5.41, 5.74) is 3.05. The van der Waals surface area contributed by atoms with Crippen LogP contribution >= 0.6 is 11.3 Å². The van der Waals surface area contributed by atoms with Crippen LogP contribution in [-0.2, 0) is 21.4 Å². The lowest BCUT2D eigenvalue weighted by Crippen LogP contribution is -2.44. The second kappa shape index (κ2) is 6.99. The Morgan fingerprint density at radius 2 is 2.09 bits per heavy atom. The summed E-state index contributed by atoms with van der Waals surface area (Å²) in [6.07, 6.45) is 0. The molecule has 1 heterocycles. The number of rotatable bonds is 6. The molecule has 0 saturated heterocycles. The molecule has 2 aromatic rings. The Labute approximate surface area is 133 Å². The van der Waals surface area contributed by atoms with E-state index in [-0.39, 0.29) is 11.4 Å². The highest BCUT2D eigenvalue weighted by Crippen LogP contribution is 2.14. The normalized spacial score (nSPS) is 12.8. The van der Waals surface area contributed by atoms with E-state index in [0.29, 0.717) is 5.56 Å². The van der Waals surface area contributed by atoms with Gasteiger partial charge in [0.25, 0.3) is 0 Å². The van der Waals surface area contributed by atoms with Gasteiger partial charge in [-0.25, -0.2) is 13.4 Å². The van der Waals surface area contributed by atoms with Gasteiger partial charge >= 0.3 is 0 Å². The number of carbonyl (C=O) groups is 1. The standard InChI is InChI=1S/C14H17N3O3S2/c1-10-5-3-4-6-13(10)22(19,20)17-11(2)14(18)15-7-12-8-21-9-16-12/h3-6,8-9,11,17H,7H2,1-2H3,(H,15,18)/t11-/m0/s1. The van der Waals surface area contributed by atoms with Crippen molar-refractivity contribution in [3.05, 3.63) is 46.4 Å². The van der Waals surface area contributed by atoms with Gasteiger partial charge in [-0.1, -0.05) is 18.2 Å². The molecular weight excluding hydrogens is 322 g/mol. The Morgan fingerprint density at radius 1 is 1.36 bits per heavy atom. The molecule has 0 aliphatic rings. The highest BCUT2D eigenvalue weighted by atomic mass is 32.2. The number of aryl methyl sites for hydroxylation is 1. The highest BCUT2D eigenvalue weighted by molar-refractivity contribution is 7.89. The number of nitrogens with one attached hydrogen (secondary N) is 2. The summed E-state index contributed by atoms with van der Waals surface area (Å²) in [4.78, 5) is 16.2.